The maximum absolute atomic E-state index is 8.61. The Morgan fingerprint density at radius 2 is 2.38 bits per heavy atom. The molecule has 0 aromatic carbocycles. The van der Waals surface area contributed by atoms with Crippen molar-refractivity contribution in [3.05, 3.63) is 21.9 Å². The summed E-state index contributed by atoms with van der Waals surface area (Å²) >= 11 is 7.40. The van der Waals surface area contributed by atoms with Gasteiger partial charge >= 0.3 is 0 Å². The summed E-state index contributed by atoms with van der Waals surface area (Å²) in [6.45, 7) is 1.69. The molecule has 0 saturated heterocycles. The van der Waals surface area contributed by atoms with Crippen LogP contribution in [0.2, 0.25) is 0 Å². The van der Waals surface area contributed by atoms with Crippen LogP contribution in [-0.4, -0.2) is 7.11 Å². The van der Waals surface area contributed by atoms with Gasteiger partial charge in [-0.15, -0.1) is 11.3 Å². The molecule has 0 bridgehead atoms. The van der Waals surface area contributed by atoms with Crippen LogP contribution in [0.25, 0.3) is 5.03 Å². The van der Waals surface area contributed by atoms with Gasteiger partial charge < -0.3 is 4.74 Å². The number of halogens is 1. The summed E-state index contributed by atoms with van der Waals surface area (Å²) in [5.74, 6) is 0.767. The van der Waals surface area contributed by atoms with E-state index in [0.717, 1.165) is 10.6 Å². The highest BCUT2D eigenvalue weighted by Gasteiger charge is 2.06. The quantitative estimate of drug-likeness (QED) is 0.707. The van der Waals surface area contributed by atoms with Crippen LogP contribution >= 0.6 is 22.9 Å². The topological polar surface area (TPSA) is 33.0 Å². The van der Waals surface area contributed by atoms with E-state index >= 15 is 0 Å². The average molecular weight is 214 g/mol. The van der Waals surface area contributed by atoms with Crippen molar-refractivity contribution in [2.75, 3.05) is 7.11 Å². The zero-order valence-electron chi connectivity index (χ0n) is 7.30. The summed E-state index contributed by atoms with van der Waals surface area (Å²) in [5.41, 5.74) is 0.520. The first-order valence-corrected chi connectivity index (χ1v) is 4.84. The lowest BCUT2D eigenvalue weighted by atomic mass is 10.3. The lowest BCUT2D eigenvalue weighted by molar-refractivity contribution is 0.416. The number of hydrogen-bond acceptors (Lipinski definition) is 3. The van der Waals surface area contributed by atoms with Crippen LogP contribution in [-0.2, 0) is 0 Å². The number of ether oxygens (including phenoxy) is 1. The van der Waals surface area contributed by atoms with E-state index in [2.05, 4.69) is 0 Å². The molecule has 2 nitrogen and oxygen atoms in total. The van der Waals surface area contributed by atoms with Gasteiger partial charge in [-0.25, -0.2) is 0 Å². The number of thiophene rings is 1. The molecule has 13 heavy (non-hydrogen) atoms. The van der Waals surface area contributed by atoms with Crippen LogP contribution in [0.1, 0.15) is 11.8 Å². The van der Waals surface area contributed by atoms with Crippen LogP contribution < -0.4 is 4.74 Å². The Hall–Kier alpha value is -0.980. The van der Waals surface area contributed by atoms with E-state index in [1.54, 1.807) is 14.0 Å². The van der Waals surface area contributed by atoms with Crippen molar-refractivity contribution in [2.45, 2.75) is 6.92 Å². The van der Waals surface area contributed by atoms with Gasteiger partial charge in [-0.1, -0.05) is 11.6 Å². The van der Waals surface area contributed by atoms with Crippen molar-refractivity contribution in [1.29, 1.82) is 5.26 Å². The molecule has 0 amide bonds. The zero-order valence-corrected chi connectivity index (χ0v) is 8.87. The van der Waals surface area contributed by atoms with E-state index < -0.39 is 0 Å². The molecule has 0 saturated carbocycles. The standard InChI is InChI=1S/C9H8ClNOS/c1-6(4-11)9(10)8-3-7(12-2)5-13-8/h3,5H,1-2H3. The maximum atomic E-state index is 8.61. The van der Waals surface area contributed by atoms with Crippen molar-refractivity contribution in [3.63, 3.8) is 0 Å². The molecule has 0 fully saturated rings. The van der Waals surface area contributed by atoms with Gasteiger partial charge in [-0.3, -0.25) is 0 Å². The molecule has 68 valence electrons. The summed E-state index contributed by atoms with van der Waals surface area (Å²) in [5, 5.41) is 11.0. The summed E-state index contributed by atoms with van der Waals surface area (Å²) in [7, 11) is 1.60. The highest BCUT2D eigenvalue weighted by molar-refractivity contribution is 7.12. The van der Waals surface area contributed by atoms with Crippen LogP contribution in [0.3, 0.4) is 0 Å². The molecular weight excluding hydrogens is 206 g/mol. The SMILES string of the molecule is COc1csc(C(Cl)=C(C)C#N)c1. The Bertz CT molecular complexity index is 375. The van der Waals surface area contributed by atoms with Gasteiger partial charge in [0.25, 0.3) is 0 Å². The molecule has 0 atom stereocenters. The van der Waals surface area contributed by atoms with Crippen molar-refractivity contribution < 1.29 is 4.74 Å². The number of nitriles is 1. The second kappa shape index (κ2) is 4.31. The van der Waals surface area contributed by atoms with E-state index in [0.29, 0.717) is 10.6 Å². The van der Waals surface area contributed by atoms with Gasteiger partial charge in [0.1, 0.15) is 5.75 Å². The summed E-state index contributed by atoms with van der Waals surface area (Å²) < 4.78 is 5.00. The average Bonchev–Trinajstić information content (AvgIpc) is 2.63. The van der Waals surface area contributed by atoms with Crippen LogP contribution in [0, 0.1) is 11.3 Å². The summed E-state index contributed by atoms with van der Waals surface area (Å²) in [4.78, 5) is 0.859. The molecule has 1 aromatic rings. The predicted molar refractivity (Wildman–Crippen MR) is 54.9 cm³/mol. The third kappa shape index (κ3) is 2.24. The van der Waals surface area contributed by atoms with E-state index in [9.17, 15) is 0 Å². The molecule has 0 radical (unpaired) electrons. The molecule has 0 aliphatic carbocycles. The highest BCUT2D eigenvalue weighted by Crippen LogP contribution is 2.31. The summed E-state index contributed by atoms with van der Waals surface area (Å²) in [6.07, 6.45) is 0. The van der Waals surface area contributed by atoms with Gasteiger partial charge in [-0.05, 0) is 13.0 Å². The fraction of sp³-hybridized carbons (Fsp3) is 0.222. The fourth-order valence-electron chi connectivity index (χ4n) is 0.775. The zero-order chi connectivity index (χ0) is 9.84. The van der Waals surface area contributed by atoms with Gasteiger partial charge in [0.2, 0.25) is 0 Å². The molecule has 1 rings (SSSR count). The smallest absolute Gasteiger partial charge is 0.130 e. The van der Waals surface area contributed by atoms with Crippen molar-refractivity contribution in [3.8, 4) is 11.8 Å². The number of allylic oxidation sites excluding steroid dienone is 1. The Morgan fingerprint density at radius 3 is 2.85 bits per heavy atom. The van der Waals surface area contributed by atoms with Crippen molar-refractivity contribution >= 4 is 28.0 Å². The molecule has 4 heteroatoms. The Labute approximate surface area is 86.0 Å². The van der Waals surface area contributed by atoms with Crippen LogP contribution in [0.5, 0.6) is 5.75 Å². The molecule has 1 heterocycles. The molecule has 0 unspecified atom stereocenters. The summed E-state index contributed by atoms with van der Waals surface area (Å²) in [6, 6.07) is 3.82. The first-order chi connectivity index (χ1) is 6.19. The number of nitrogens with zero attached hydrogens (tertiary/aromatic N) is 1. The first kappa shape index (κ1) is 10.1. The normalized spacial score (nSPS) is 11.8. The van der Waals surface area contributed by atoms with Gasteiger partial charge in [0.15, 0.2) is 0 Å². The maximum Gasteiger partial charge on any atom is 0.130 e. The number of hydrogen-bond donors (Lipinski definition) is 0. The first-order valence-electron chi connectivity index (χ1n) is 3.58. The molecule has 1 aromatic heterocycles. The largest absolute Gasteiger partial charge is 0.496 e. The highest BCUT2D eigenvalue weighted by atomic mass is 35.5. The third-order valence-corrected chi connectivity index (χ3v) is 3.05. The minimum Gasteiger partial charge on any atom is -0.496 e. The molecule has 0 aliphatic rings. The van der Waals surface area contributed by atoms with E-state index in [-0.39, 0.29) is 0 Å². The predicted octanol–water partition coefficient (Wildman–Crippen LogP) is 3.25. The van der Waals surface area contributed by atoms with Gasteiger partial charge in [-0.2, -0.15) is 5.26 Å². The molecule has 0 spiro atoms. The van der Waals surface area contributed by atoms with Gasteiger partial charge in [0.05, 0.1) is 23.1 Å². The molecule has 0 N–H and O–H groups in total. The van der Waals surface area contributed by atoms with E-state index in [1.165, 1.54) is 11.3 Å². The third-order valence-electron chi connectivity index (χ3n) is 1.52. The van der Waals surface area contributed by atoms with Gasteiger partial charge in [0, 0.05) is 11.0 Å². The Kier molecular flexibility index (Phi) is 3.35. The Morgan fingerprint density at radius 1 is 1.69 bits per heavy atom. The van der Waals surface area contributed by atoms with E-state index in [4.69, 9.17) is 21.6 Å². The Balaban J connectivity index is 3.04. The molecular formula is C9H8ClNOS. The van der Waals surface area contributed by atoms with Crippen LogP contribution in [0.15, 0.2) is 17.0 Å². The fourth-order valence-corrected chi connectivity index (χ4v) is 1.85. The second-order valence-electron chi connectivity index (χ2n) is 2.40. The molecule has 0 aliphatic heterocycles. The number of methoxy groups -OCH3 is 1. The minimum absolute atomic E-state index is 0.496. The van der Waals surface area contributed by atoms with E-state index in [1.807, 2.05) is 17.5 Å². The van der Waals surface area contributed by atoms with Crippen molar-refractivity contribution in [1.82, 2.24) is 0 Å². The van der Waals surface area contributed by atoms with Crippen LogP contribution in [0.4, 0.5) is 0 Å². The van der Waals surface area contributed by atoms with Crippen molar-refractivity contribution in [2.24, 2.45) is 0 Å². The second-order valence-corrected chi connectivity index (χ2v) is 3.69. The number of rotatable bonds is 2. The monoisotopic (exact) mass is 213 g/mol. The lowest BCUT2D eigenvalue weighted by Gasteiger charge is -1.93. The lowest BCUT2D eigenvalue weighted by Crippen LogP contribution is -1.77. The minimum atomic E-state index is 0.496.